The van der Waals surface area contributed by atoms with E-state index in [4.69, 9.17) is 4.42 Å². The number of hydrogen-bond acceptors (Lipinski definition) is 3. The van der Waals surface area contributed by atoms with Gasteiger partial charge in [-0.15, -0.1) is 0 Å². The first kappa shape index (κ1) is 16.8. The summed E-state index contributed by atoms with van der Waals surface area (Å²) < 4.78 is 19.6. The molecule has 0 spiro atoms. The summed E-state index contributed by atoms with van der Waals surface area (Å²) in [6.45, 7) is 0.611. The maximum atomic E-state index is 13.2. The van der Waals surface area contributed by atoms with E-state index in [1.807, 2.05) is 0 Å². The maximum Gasteiger partial charge on any atom is 0.340 e. The second-order valence-electron chi connectivity index (χ2n) is 6.07. The van der Waals surface area contributed by atoms with E-state index in [1.54, 1.807) is 17.0 Å². The van der Waals surface area contributed by atoms with Crippen molar-refractivity contribution < 1.29 is 23.5 Å². The van der Waals surface area contributed by atoms with Gasteiger partial charge in [0.1, 0.15) is 22.7 Å². The fourth-order valence-corrected chi connectivity index (χ4v) is 3.79. The largest absolute Gasteiger partial charge is 0.478 e. The van der Waals surface area contributed by atoms with Gasteiger partial charge in [0.15, 0.2) is 0 Å². The zero-order valence-corrected chi connectivity index (χ0v) is 15.0. The fraction of sp³-hybridized carbons (Fsp3) is 0.158. The van der Waals surface area contributed by atoms with Gasteiger partial charge < -0.3 is 14.4 Å². The molecule has 7 heteroatoms. The van der Waals surface area contributed by atoms with Crippen molar-refractivity contribution in [2.75, 3.05) is 11.4 Å². The Morgan fingerprint density at radius 3 is 2.58 bits per heavy atom. The van der Waals surface area contributed by atoms with Crippen molar-refractivity contribution in [2.45, 2.75) is 12.8 Å². The number of rotatable bonds is 3. The lowest BCUT2D eigenvalue weighted by Crippen LogP contribution is -2.23. The number of carbonyl (C=O) groups is 2. The average molecular weight is 418 g/mol. The second kappa shape index (κ2) is 6.25. The molecule has 1 fully saturated rings. The standard InChI is InChI=1S/C19H13BrFNO4/c20-13-8-12-15(9-14(13)22-7-1-2-16(22)23)26-18(17(12)19(24)25)10-3-5-11(21)6-4-10/h3-6,8-9H,1-2,7H2,(H,24,25). The van der Waals surface area contributed by atoms with Crippen molar-refractivity contribution in [3.8, 4) is 11.3 Å². The SMILES string of the molecule is O=C(O)c1c(-c2ccc(F)cc2)oc2cc(N3CCCC3=O)c(Br)cc12. The van der Waals surface area contributed by atoms with Crippen LogP contribution in [-0.2, 0) is 4.79 Å². The normalized spacial score (nSPS) is 14.4. The highest BCUT2D eigenvalue weighted by molar-refractivity contribution is 9.10. The molecule has 1 N–H and O–H groups in total. The van der Waals surface area contributed by atoms with Gasteiger partial charge in [-0.25, -0.2) is 9.18 Å². The summed E-state index contributed by atoms with van der Waals surface area (Å²) in [7, 11) is 0. The molecule has 1 amide bonds. The average Bonchev–Trinajstić information content (AvgIpc) is 3.18. The van der Waals surface area contributed by atoms with Gasteiger partial charge in [0.25, 0.3) is 0 Å². The van der Waals surface area contributed by atoms with Crippen LogP contribution in [0.1, 0.15) is 23.2 Å². The minimum atomic E-state index is -1.14. The Balaban J connectivity index is 1.93. The highest BCUT2D eigenvalue weighted by atomic mass is 79.9. The molecule has 1 aliphatic heterocycles. The summed E-state index contributed by atoms with van der Waals surface area (Å²) >= 11 is 3.44. The van der Waals surface area contributed by atoms with Gasteiger partial charge in [0.2, 0.25) is 5.91 Å². The molecule has 1 saturated heterocycles. The van der Waals surface area contributed by atoms with E-state index >= 15 is 0 Å². The number of hydrogen-bond donors (Lipinski definition) is 1. The van der Waals surface area contributed by atoms with Crippen molar-refractivity contribution in [3.63, 3.8) is 0 Å². The Morgan fingerprint density at radius 2 is 1.96 bits per heavy atom. The fourth-order valence-electron chi connectivity index (χ4n) is 3.23. The number of halogens is 2. The molecular formula is C19H13BrFNO4. The molecule has 2 aromatic carbocycles. The first-order valence-electron chi connectivity index (χ1n) is 8.01. The molecule has 4 rings (SSSR count). The quantitative estimate of drug-likeness (QED) is 0.662. The van der Waals surface area contributed by atoms with E-state index in [1.165, 1.54) is 24.3 Å². The number of fused-ring (bicyclic) bond motifs is 1. The molecule has 26 heavy (non-hydrogen) atoms. The topological polar surface area (TPSA) is 70.8 Å². The molecule has 132 valence electrons. The molecule has 0 aliphatic carbocycles. The van der Waals surface area contributed by atoms with Gasteiger partial charge in [0, 0.05) is 34.5 Å². The van der Waals surface area contributed by atoms with Crippen molar-refractivity contribution in [3.05, 3.63) is 52.3 Å². The summed E-state index contributed by atoms with van der Waals surface area (Å²) in [4.78, 5) is 25.5. The lowest BCUT2D eigenvalue weighted by atomic mass is 10.1. The van der Waals surface area contributed by atoms with Gasteiger partial charge in [-0.2, -0.15) is 0 Å². The number of nitrogens with zero attached hydrogens (tertiary/aromatic N) is 1. The van der Waals surface area contributed by atoms with Crippen molar-refractivity contribution >= 4 is 44.5 Å². The molecule has 3 aromatic rings. The molecule has 0 atom stereocenters. The van der Waals surface area contributed by atoms with Gasteiger partial charge >= 0.3 is 5.97 Å². The monoisotopic (exact) mass is 417 g/mol. The summed E-state index contributed by atoms with van der Waals surface area (Å²) in [5.41, 5.74) is 1.48. The van der Waals surface area contributed by atoms with Crippen LogP contribution >= 0.6 is 15.9 Å². The molecule has 1 aliphatic rings. The maximum absolute atomic E-state index is 13.2. The van der Waals surface area contributed by atoms with Crippen LogP contribution in [-0.4, -0.2) is 23.5 Å². The van der Waals surface area contributed by atoms with Crippen LogP contribution in [0.3, 0.4) is 0 Å². The minimum Gasteiger partial charge on any atom is -0.478 e. The zero-order chi connectivity index (χ0) is 18.4. The molecule has 0 saturated carbocycles. The number of aromatic carboxylic acids is 1. The second-order valence-corrected chi connectivity index (χ2v) is 6.92. The Hall–Kier alpha value is -2.67. The highest BCUT2D eigenvalue weighted by Crippen LogP contribution is 2.40. The van der Waals surface area contributed by atoms with Crippen LogP contribution in [0.15, 0.2) is 45.3 Å². The van der Waals surface area contributed by atoms with E-state index in [2.05, 4.69) is 15.9 Å². The summed E-state index contributed by atoms with van der Waals surface area (Å²) in [5, 5.41) is 10.1. The highest BCUT2D eigenvalue weighted by Gasteiger charge is 2.27. The van der Waals surface area contributed by atoms with Crippen molar-refractivity contribution in [2.24, 2.45) is 0 Å². The Labute approximate surface area is 156 Å². The van der Waals surface area contributed by atoms with Gasteiger partial charge in [-0.1, -0.05) is 0 Å². The first-order chi connectivity index (χ1) is 12.5. The molecular weight excluding hydrogens is 405 g/mol. The first-order valence-corrected chi connectivity index (χ1v) is 8.80. The van der Waals surface area contributed by atoms with E-state index in [0.717, 1.165) is 6.42 Å². The van der Waals surface area contributed by atoms with Crippen LogP contribution in [0.5, 0.6) is 0 Å². The smallest absolute Gasteiger partial charge is 0.340 e. The zero-order valence-electron chi connectivity index (χ0n) is 13.5. The summed E-state index contributed by atoms with van der Waals surface area (Å²) in [5.74, 6) is -1.38. The van der Waals surface area contributed by atoms with Gasteiger partial charge in [-0.05, 0) is 52.7 Å². The van der Waals surface area contributed by atoms with Gasteiger partial charge in [0.05, 0.1) is 5.69 Å². The van der Waals surface area contributed by atoms with E-state index in [-0.39, 0.29) is 17.2 Å². The molecule has 0 unspecified atom stereocenters. The Morgan fingerprint density at radius 1 is 1.23 bits per heavy atom. The van der Waals surface area contributed by atoms with Crippen molar-refractivity contribution in [1.29, 1.82) is 0 Å². The van der Waals surface area contributed by atoms with Crippen LogP contribution in [0, 0.1) is 5.82 Å². The predicted molar refractivity (Wildman–Crippen MR) is 97.9 cm³/mol. The van der Waals surface area contributed by atoms with Gasteiger partial charge in [-0.3, -0.25) is 4.79 Å². The number of anilines is 1. The molecule has 5 nitrogen and oxygen atoms in total. The molecule has 1 aromatic heterocycles. The third-order valence-electron chi connectivity index (χ3n) is 4.44. The Bertz CT molecular complexity index is 1040. The van der Waals surface area contributed by atoms with E-state index in [0.29, 0.717) is 39.7 Å². The predicted octanol–water partition coefficient (Wildman–Crippen LogP) is 4.83. The molecule has 0 radical (unpaired) electrons. The van der Waals surface area contributed by atoms with Crippen LogP contribution in [0.4, 0.5) is 10.1 Å². The lowest BCUT2D eigenvalue weighted by Gasteiger charge is -2.17. The molecule has 2 heterocycles. The number of benzene rings is 2. The Kier molecular flexibility index (Phi) is 4.03. The number of amides is 1. The number of carboxylic acids is 1. The number of carbonyl (C=O) groups excluding carboxylic acids is 1. The lowest BCUT2D eigenvalue weighted by molar-refractivity contribution is -0.117. The molecule has 0 bridgehead atoms. The van der Waals surface area contributed by atoms with Crippen LogP contribution in [0.2, 0.25) is 0 Å². The van der Waals surface area contributed by atoms with Crippen LogP contribution < -0.4 is 4.90 Å². The number of furan rings is 1. The van der Waals surface area contributed by atoms with E-state index < -0.39 is 11.8 Å². The third-order valence-corrected chi connectivity index (χ3v) is 5.08. The van der Waals surface area contributed by atoms with Crippen LogP contribution in [0.25, 0.3) is 22.3 Å². The number of carboxylic acid groups (broad SMARTS) is 1. The summed E-state index contributed by atoms with van der Waals surface area (Å²) in [6.07, 6.45) is 1.27. The van der Waals surface area contributed by atoms with Crippen molar-refractivity contribution in [1.82, 2.24) is 0 Å². The summed E-state index contributed by atoms with van der Waals surface area (Å²) in [6, 6.07) is 8.76. The minimum absolute atomic E-state index is 0.00612. The third kappa shape index (κ3) is 2.68. The van der Waals surface area contributed by atoms with E-state index in [9.17, 15) is 19.1 Å².